The van der Waals surface area contributed by atoms with Crippen LogP contribution in [0.25, 0.3) is 0 Å². The minimum atomic E-state index is -4.95. The van der Waals surface area contributed by atoms with Crippen LogP contribution in [-0.2, 0) is 65.4 Å². The second kappa shape index (κ2) is 66.9. The molecule has 0 aromatic heterocycles. The molecule has 558 valence electrons. The van der Waals surface area contributed by atoms with Crippen molar-refractivity contribution in [2.24, 2.45) is 11.8 Å². The van der Waals surface area contributed by atoms with E-state index >= 15 is 0 Å². The number of unbranched alkanes of at least 4 members (excludes halogenated alkanes) is 44. The lowest BCUT2D eigenvalue weighted by Crippen LogP contribution is -2.30. The Kier molecular flexibility index (Phi) is 65.5. The van der Waals surface area contributed by atoms with E-state index in [1.54, 1.807) is 0 Å². The number of aliphatic hydroxyl groups is 1. The first kappa shape index (κ1) is 92.1. The number of ether oxygens (including phenoxy) is 4. The summed E-state index contributed by atoms with van der Waals surface area (Å²) in [6.45, 7) is 9.56. The Morgan fingerprint density at radius 2 is 0.489 bits per heavy atom. The number of hydrogen-bond donors (Lipinski definition) is 3. The molecule has 0 aromatic carbocycles. The monoisotopic (exact) mass is 1380 g/mol. The van der Waals surface area contributed by atoms with Gasteiger partial charge < -0.3 is 33.8 Å². The fraction of sp³-hybridized carbons (Fsp3) is 0.947. The van der Waals surface area contributed by atoms with Gasteiger partial charge in [0.25, 0.3) is 0 Å². The van der Waals surface area contributed by atoms with Gasteiger partial charge in [-0.05, 0) is 37.5 Å². The van der Waals surface area contributed by atoms with Crippen molar-refractivity contribution in [3.8, 4) is 0 Å². The van der Waals surface area contributed by atoms with Gasteiger partial charge in [-0.1, -0.05) is 337 Å². The van der Waals surface area contributed by atoms with E-state index in [0.717, 1.165) is 108 Å². The fourth-order valence-corrected chi connectivity index (χ4v) is 13.1. The minimum Gasteiger partial charge on any atom is -0.462 e. The lowest BCUT2D eigenvalue weighted by atomic mass is 10.0. The number of esters is 4. The molecule has 17 nitrogen and oxygen atoms in total. The van der Waals surface area contributed by atoms with Crippen LogP contribution in [0.15, 0.2) is 0 Å². The molecule has 0 heterocycles. The maximum absolute atomic E-state index is 13.1. The van der Waals surface area contributed by atoms with Gasteiger partial charge in [0.15, 0.2) is 12.2 Å². The standard InChI is InChI=1S/C75H146O17P2/c1-7-9-11-13-14-15-16-30-36-41-47-53-59-74(79)91-70(63-85-72(77)57-51-43-12-10-8-2)65-89-93(81,82)87-61-69(76)62-88-94(83,84)90-66-71(64-86-73(78)58-52-46-40-35-31-26-23-19-21-25-29-34-39-45-50-56-68(5)6)92-75(80)60-54-48-42-37-32-27-22-18-17-20-24-28-33-38-44-49-55-67(3)4/h67-71,76H,7-66H2,1-6H3,(H,81,82)(H,83,84)/t69-,70+,71+/m0/s1. The van der Waals surface area contributed by atoms with E-state index in [1.807, 2.05) is 0 Å². The highest BCUT2D eigenvalue weighted by molar-refractivity contribution is 7.47. The largest absolute Gasteiger partial charge is 0.472 e. The molecule has 0 spiro atoms. The molecule has 0 aromatic rings. The number of phosphoric ester groups is 2. The van der Waals surface area contributed by atoms with E-state index in [4.69, 9.17) is 37.0 Å². The van der Waals surface area contributed by atoms with E-state index in [0.29, 0.717) is 25.7 Å². The van der Waals surface area contributed by atoms with Crippen LogP contribution in [-0.4, -0.2) is 96.7 Å². The van der Waals surface area contributed by atoms with Gasteiger partial charge >= 0.3 is 39.5 Å². The lowest BCUT2D eigenvalue weighted by Gasteiger charge is -2.21. The zero-order valence-corrected chi connectivity index (χ0v) is 63.1. The predicted molar refractivity (Wildman–Crippen MR) is 381 cm³/mol. The summed E-state index contributed by atoms with van der Waals surface area (Å²) in [5.74, 6) is -0.512. The van der Waals surface area contributed by atoms with Crippen LogP contribution in [0, 0.1) is 11.8 Å². The van der Waals surface area contributed by atoms with Crippen molar-refractivity contribution in [1.82, 2.24) is 0 Å². The summed E-state index contributed by atoms with van der Waals surface area (Å²) in [7, 11) is -9.90. The number of carbonyl (C=O) groups excluding carboxylic acids is 4. The molecule has 2 unspecified atom stereocenters. The normalized spacial score (nSPS) is 14.0. The molecule has 19 heteroatoms. The van der Waals surface area contributed by atoms with E-state index in [-0.39, 0.29) is 25.7 Å². The molecule has 94 heavy (non-hydrogen) atoms. The molecule has 0 radical (unpaired) electrons. The van der Waals surface area contributed by atoms with Crippen LogP contribution in [0.4, 0.5) is 0 Å². The molecule has 0 saturated carbocycles. The summed E-state index contributed by atoms with van der Waals surface area (Å²) in [4.78, 5) is 72.5. The van der Waals surface area contributed by atoms with Gasteiger partial charge in [0.05, 0.1) is 26.4 Å². The summed E-state index contributed by atoms with van der Waals surface area (Å²) in [5.41, 5.74) is 0. The highest BCUT2D eigenvalue weighted by Crippen LogP contribution is 2.45. The summed E-state index contributed by atoms with van der Waals surface area (Å²) < 4.78 is 68.2. The highest BCUT2D eigenvalue weighted by atomic mass is 31.2. The van der Waals surface area contributed by atoms with E-state index in [1.165, 1.54) is 199 Å². The van der Waals surface area contributed by atoms with Gasteiger partial charge in [-0.25, -0.2) is 9.13 Å². The van der Waals surface area contributed by atoms with Gasteiger partial charge in [-0.3, -0.25) is 37.3 Å². The third kappa shape index (κ3) is 68.6. The zero-order valence-electron chi connectivity index (χ0n) is 61.3. The molecule has 0 aliphatic rings. The Hall–Kier alpha value is -1.94. The number of carbonyl (C=O) groups is 4. The zero-order chi connectivity index (χ0) is 69.3. The van der Waals surface area contributed by atoms with Gasteiger partial charge in [0.1, 0.15) is 19.3 Å². The summed E-state index contributed by atoms with van der Waals surface area (Å²) in [6, 6.07) is 0. The quantitative estimate of drug-likeness (QED) is 0.0222. The minimum absolute atomic E-state index is 0.106. The summed E-state index contributed by atoms with van der Waals surface area (Å²) in [5, 5.41) is 10.6. The molecule has 0 saturated heterocycles. The molecule has 0 bridgehead atoms. The second-order valence-corrected chi connectivity index (χ2v) is 30.9. The van der Waals surface area contributed by atoms with Crippen molar-refractivity contribution in [2.75, 3.05) is 39.6 Å². The van der Waals surface area contributed by atoms with Crippen molar-refractivity contribution < 1.29 is 80.2 Å². The maximum Gasteiger partial charge on any atom is 0.472 e. The van der Waals surface area contributed by atoms with E-state index in [9.17, 15) is 43.2 Å². The molecule has 5 atom stereocenters. The van der Waals surface area contributed by atoms with Crippen molar-refractivity contribution in [1.29, 1.82) is 0 Å². The van der Waals surface area contributed by atoms with E-state index in [2.05, 4.69) is 41.5 Å². The van der Waals surface area contributed by atoms with Crippen molar-refractivity contribution >= 4 is 39.5 Å². The van der Waals surface area contributed by atoms with Crippen LogP contribution in [0.2, 0.25) is 0 Å². The van der Waals surface area contributed by atoms with Gasteiger partial charge in [-0.2, -0.15) is 0 Å². The van der Waals surface area contributed by atoms with Gasteiger partial charge in [0, 0.05) is 25.7 Å². The van der Waals surface area contributed by atoms with Crippen molar-refractivity contribution in [3.63, 3.8) is 0 Å². The van der Waals surface area contributed by atoms with Crippen LogP contribution in [0.1, 0.15) is 388 Å². The second-order valence-electron chi connectivity index (χ2n) is 28.0. The first-order chi connectivity index (χ1) is 45.4. The van der Waals surface area contributed by atoms with Gasteiger partial charge in [0.2, 0.25) is 0 Å². The van der Waals surface area contributed by atoms with Crippen LogP contribution in [0.5, 0.6) is 0 Å². The first-order valence-corrected chi connectivity index (χ1v) is 42.0. The first-order valence-electron chi connectivity index (χ1n) is 39.0. The third-order valence-corrected chi connectivity index (χ3v) is 19.4. The van der Waals surface area contributed by atoms with Gasteiger partial charge in [-0.15, -0.1) is 0 Å². The topological polar surface area (TPSA) is 237 Å². The van der Waals surface area contributed by atoms with E-state index < -0.39 is 97.5 Å². The molecular formula is C75H146O17P2. The van der Waals surface area contributed by atoms with Crippen LogP contribution < -0.4 is 0 Å². The summed E-state index contributed by atoms with van der Waals surface area (Å²) in [6.07, 6.45) is 54.5. The Labute approximate surface area is 575 Å². The molecule has 0 aliphatic carbocycles. The van der Waals surface area contributed by atoms with Crippen LogP contribution in [0.3, 0.4) is 0 Å². The average molecular weight is 1380 g/mol. The molecule has 3 N–H and O–H groups in total. The smallest absolute Gasteiger partial charge is 0.462 e. The fourth-order valence-electron chi connectivity index (χ4n) is 11.5. The summed E-state index contributed by atoms with van der Waals surface area (Å²) >= 11 is 0. The number of rotatable bonds is 74. The van der Waals surface area contributed by atoms with Crippen molar-refractivity contribution in [2.45, 2.75) is 407 Å². The number of aliphatic hydroxyl groups excluding tert-OH is 1. The van der Waals surface area contributed by atoms with Crippen LogP contribution >= 0.6 is 15.6 Å². The molecule has 0 amide bonds. The number of phosphoric acid groups is 2. The maximum atomic E-state index is 13.1. The third-order valence-electron chi connectivity index (χ3n) is 17.5. The van der Waals surface area contributed by atoms with Crippen molar-refractivity contribution in [3.05, 3.63) is 0 Å². The number of hydrogen-bond acceptors (Lipinski definition) is 15. The Balaban J connectivity index is 5.14. The Morgan fingerprint density at radius 3 is 0.723 bits per heavy atom. The SMILES string of the molecule is CCCCCCCCCCCCCCC(=O)O[C@H](COC(=O)CCCCCCC)COP(=O)(O)OC[C@H](O)COP(=O)(O)OC[C@@H](COC(=O)CCCCCCCCCCCCCCCCCC(C)C)OC(=O)CCCCCCCCCCCCCCCCCCC(C)C. The molecule has 0 rings (SSSR count). The lowest BCUT2D eigenvalue weighted by molar-refractivity contribution is -0.161. The average Bonchev–Trinajstić information content (AvgIpc) is 2.07. The highest BCUT2D eigenvalue weighted by Gasteiger charge is 2.30. The Bertz CT molecular complexity index is 1820. The Morgan fingerprint density at radius 1 is 0.287 bits per heavy atom. The molecule has 0 aliphatic heterocycles. The molecular weight excluding hydrogens is 1230 g/mol. The predicted octanol–water partition coefficient (Wildman–Crippen LogP) is 21.9. The molecule has 0 fully saturated rings.